The van der Waals surface area contributed by atoms with Gasteiger partial charge in [0.25, 0.3) is 0 Å². The molecule has 6 heteroatoms. The Balaban J connectivity index is 3.02. The van der Waals surface area contributed by atoms with Crippen LogP contribution in [-0.2, 0) is 12.7 Å². The number of rotatable bonds is 1. The van der Waals surface area contributed by atoms with E-state index in [1.807, 2.05) is 0 Å². The standard InChI is InChI=1S/C5H5F3N2S/c6-5(7,8)4-3(1-9)2-10-11-4/h2H,1,9H2. The molecule has 1 heterocycles. The molecule has 2 N–H and O–H groups in total. The van der Waals surface area contributed by atoms with E-state index in [0.717, 1.165) is 6.20 Å². The van der Waals surface area contributed by atoms with Crippen LogP contribution in [0.3, 0.4) is 0 Å². The lowest BCUT2D eigenvalue weighted by Crippen LogP contribution is -2.07. The van der Waals surface area contributed by atoms with Crippen molar-refractivity contribution in [2.24, 2.45) is 5.73 Å². The van der Waals surface area contributed by atoms with Crippen molar-refractivity contribution in [3.63, 3.8) is 0 Å². The third kappa shape index (κ3) is 1.69. The van der Waals surface area contributed by atoms with Gasteiger partial charge in [0.2, 0.25) is 0 Å². The molecule has 0 aliphatic heterocycles. The molecule has 1 aromatic rings. The van der Waals surface area contributed by atoms with E-state index >= 15 is 0 Å². The Hall–Kier alpha value is -0.620. The fourth-order valence-corrected chi connectivity index (χ4v) is 1.28. The molecular formula is C5H5F3N2S. The van der Waals surface area contributed by atoms with Gasteiger partial charge in [0.1, 0.15) is 4.88 Å². The molecule has 11 heavy (non-hydrogen) atoms. The molecule has 0 saturated carbocycles. The molecule has 0 saturated heterocycles. The van der Waals surface area contributed by atoms with Gasteiger partial charge in [-0.05, 0) is 11.5 Å². The molecule has 0 atom stereocenters. The highest BCUT2D eigenvalue weighted by Crippen LogP contribution is 2.34. The SMILES string of the molecule is NCc1cnsc1C(F)(F)F. The fraction of sp³-hybridized carbons (Fsp3) is 0.400. The van der Waals surface area contributed by atoms with Gasteiger partial charge < -0.3 is 5.73 Å². The van der Waals surface area contributed by atoms with E-state index in [9.17, 15) is 13.2 Å². The first-order chi connectivity index (χ1) is 5.05. The van der Waals surface area contributed by atoms with Crippen LogP contribution in [0.1, 0.15) is 10.4 Å². The van der Waals surface area contributed by atoms with E-state index in [4.69, 9.17) is 5.73 Å². The molecule has 0 fully saturated rings. The summed E-state index contributed by atoms with van der Waals surface area (Å²) < 4.78 is 39.4. The maximum atomic E-state index is 12.0. The maximum absolute atomic E-state index is 12.0. The van der Waals surface area contributed by atoms with Crippen molar-refractivity contribution in [3.05, 3.63) is 16.6 Å². The molecule has 0 aliphatic carbocycles. The molecule has 0 amide bonds. The van der Waals surface area contributed by atoms with Crippen LogP contribution in [0.4, 0.5) is 13.2 Å². The van der Waals surface area contributed by atoms with Gasteiger partial charge in [-0.2, -0.15) is 13.2 Å². The Morgan fingerprint density at radius 2 is 2.18 bits per heavy atom. The fourth-order valence-electron chi connectivity index (χ4n) is 0.639. The Kier molecular flexibility index (Phi) is 2.15. The first-order valence-electron chi connectivity index (χ1n) is 2.76. The summed E-state index contributed by atoms with van der Waals surface area (Å²) in [5.74, 6) is 0. The Labute approximate surface area is 65.0 Å². The third-order valence-electron chi connectivity index (χ3n) is 1.12. The third-order valence-corrected chi connectivity index (χ3v) is 2.01. The highest BCUT2D eigenvalue weighted by atomic mass is 32.1. The molecule has 0 aliphatic rings. The Morgan fingerprint density at radius 1 is 1.55 bits per heavy atom. The first-order valence-corrected chi connectivity index (χ1v) is 3.54. The lowest BCUT2D eigenvalue weighted by atomic mass is 10.3. The van der Waals surface area contributed by atoms with Crippen LogP contribution in [-0.4, -0.2) is 4.37 Å². The normalized spacial score (nSPS) is 12.0. The zero-order valence-corrected chi connectivity index (χ0v) is 6.17. The summed E-state index contributed by atoms with van der Waals surface area (Å²) >= 11 is 0.426. The second-order valence-electron chi connectivity index (χ2n) is 1.88. The van der Waals surface area contributed by atoms with Crippen molar-refractivity contribution < 1.29 is 13.2 Å². The topological polar surface area (TPSA) is 38.9 Å². The van der Waals surface area contributed by atoms with Crippen molar-refractivity contribution in [3.8, 4) is 0 Å². The van der Waals surface area contributed by atoms with Gasteiger partial charge in [-0.25, -0.2) is 4.37 Å². The predicted octanol–water partition coefficient (Wildman–Crippen LogP) is 1.62. The van der Waals surface area contributed by atoms with Gasteiger partial charge in [-0.1, -0.05) is 0 Å². The van der Waals surface area contributed by atoms with Crippen LogP contribution in [0.25, 0.3) is 0 Å². The molecule has 0 bridgehead atoms. The van der Waals surface area contributed by atoms with Crippen LogP contribution < -0.4 is 5.73 Å². The molecule has 0 spiro atoms. The Morgan fingerprint density at radius 3 is 2.55 bits per heavy atom. The zero-order valence-electron chi connectivity index (χ0n) is 5.35. The van der Waals surface area contributed by atoms with Gasteiger partial charge in [0.05, 0.1) is 0 Å². The summed E-state index contributed by atoms with van der Waals surface area (Å²) in [6, 6.07) is 0. The molecular weight excluding hydrogens is 177 g/mol. The summed E-state index contributed by atoms with van der Waals surface area (Å²) in [6.07, 6.45) is -3.16. The Bertz CT molecular complexity index is 242. The number of halogens is 3. The number of nitrogens with two attached hydrogens (primary N) is 1. The van der Waals surface area contributed by atoms with Gasteiger partial charge in [-0.15, -0.1) is 0 Å². The van der Waals surface area contributed by atoms with Crippen molar-refractivity contribution in [1.82, 2.24) is 4.37 Å². The van der Waals surface area contributed by atoms with Crippen molar-refractivity contribution in [2.75, 3.05) is 0 Å². The van der Waals surface area contributed by atoms with Crippen LogP contribution in [0, 0.1) is 0 Å². The van der Waals surface area contributed by atoms with Crippen LogP contribution in [0.15, 0.2) is 6.20 Å². The number of aromatic nitrogens is 1. The number of alkyl halides is 3. The van der Waals surface area contributed by atoms with E-state index in [2.05, 4.69) is 4.37 Å². The van der Waals surface area contributed by atoms with E-state index in [-0.39, 0.29) is 12.1 Å². The maximum Gasteiger partial charge on any atom is 0.427 e. The predicted molar refractivity (Wildman–Crippen MR) is 35.0 cm³/mol. The molecule has 62 valence electrons. The lowest BCUT2D eigenvalue weighted by Gasteiger charge is -2.03. The zero-order chi connectivity index (χ0) is 8.48. The van der Waals surface area contributed by atoms with Gasteiger partial charge >= 0.3 is 6.18 Å². The number of nitrogens with zero attached hydrogens (tertiary/aromatic N) is 1. The number of hydrogen-bond acceptors (Lipinski definition) is 3. The van der Waals surface area contributed by atoms with E-state index in [1.54, 1.807) is 0 Å². The summed E-state index contributed by atoms with van der Waals surface area (Å²) in [4.78, 5) is -0.694. The quantitative estimate of drug-likeness (QED) is 0.716. The molecule has 0 aromatic carbocycles. The molecule has 1 aromatic heterocycles. The van der Waals surface area contributed by atoms with Crippen molar-refractivity contribution >= 4 is 11.5 Å². The molecule has 0 radical (unpaired) electrons. The van der Waals surface area contributed by atoms with Gasteiger partial charge in [-0.3, -0.25) is 0 Å². The smallest absolute Gasteiger partial charge is 0.326 e. The van der Waals surface area contributed by atoms with E-state index in [1.165, 1.54) is 0 Å². The summed E-state index contributed by atoms with van der Waals surface area (Å²) in [7, 11) is 0. The average molecular weight is 182 g/mol. The second-order valence-corrected chi connectivity index (χ2v) is 2.68. The molecule has 0 unspecified atom stereocenters. The monoisotopic (exact) mass is 182 g/mol. The van der Waals surface area contributed by atoms with E-state index in [0.29, 0.717) is 11.5 Å². The summed E-state index contributed by atoms with van der Waals surface area (Å²) in [5.41, 5.74) is 5.12. The minimum Gasteiger partial charge on any atom is -0.326 e. The van der Waals surface area contributed by atoms with Gasteiger partial charge in [0, 0.05) is 18.3 Å². The second kappa shape index (κ2) is 2.78. The largest absolute Gasteiger partial charge is 0.427 e. The minimum absolute atomic E-state index is 0.0579. The molecule has 2 nitrogen and oxygen atoms in total. The van der Waals surface area contributed by atoms with Gasteiger partial charge in [0.15, 0.2) is 0 Å². The van der Waals surface area contributed by atoms with Crippen LogP contribution in [0.2, 0.25) is 0 Å². The minimum atomic E-state index is -4.31. The van der Waals surface area contributed by atoms with Crippen LogP contribution >= 0.6 is 11.5 Å². The highest BCUT2D eigenvalue weighted by Gasteiger charge is 2.35. The summed E-state index contributed by atoms with van der Waals surface area (Å²) in [6.45, 7) is -0.120. The van der Waals surface area contributed by atoms with Crippen molar-refractivity contribution in [2.45, 2.75) is 12.7 Å². The first kappa shape index (κ1) is 8.48. The van der Waals surface area contributed by atoms with E-state index < -0.39 is 11.1 Å². The van der Waals surface area contributed by atoms with Crippen LogP contribution in [0.5, 0.6) is 0 Å². The average Bonchev–Trinajstić information content (AvgIpc) is 2.31. The molecule has 1 rings (SSSR count). The number of hydrogen-bond donors (Lipinski definition) is 1. The van der Waals surface area contributed by atoms with Crippen molar-refractivity contribution in [1.29, 1.82) is 0 Å². The highest BCUT2D eigenvalue weighted by molar-refractivity contribution is 7.06. The summed E-state index contributed by atoms with van der Waals surface area (Å²) in [5, 5.41) is 0. The lowest BCUT2D eigenvalue weighted by molar-refractivity contribution is -0.134.